The Bertz CT molecular complexity index is 517. The van der Waals surface area contributed by atoms with Gasteiger partial charge >= 0.3 is 6.18 Å². The Hall–Kier alpha value is -0.490. The van der Waals surface area contributed by atoms with Crippen molar-refractivity contribution in [3.8, 4) is 0 Å². The molecule has 0 bridgehead atoms. The molecule has 1 aliphatic rings. The van der Waals surface area contributed by atoms with Crippen molar-refractivity contribution in [2.45, 2.75) is 38.9 Å². The third kappa shape index (κ3) is 5.01. The lowest BCUT2D eigenvalue weighted by Crippen LogP contribution is -2.47. The minimum atomic E-state index is -4.39. The molecule has 0 saturated carbocycles. The Balaban J connectivity index is 0.00000288. The lowest BCUT2D eigenvalue weighted by atomic mass is 9.86. The first-order valence-electron chi connectivity index (χ1n) is 8.16. The van der Waals surface area contributed by atoms with Gasteiger partial charge in [0.1, 0.15) is 0 Å². The number of rotatable bonds is 5. The van der Waals surface area contributed by atoms with Crippen LogP contribution in [-0.2, 0) is 6.18 Å². The molecule has 0 aromatic heterocycles. The number of hydrogen-bond donors (Lipinski definition) is 1. The Kier molecular flexibility index (Phi) is 8.33. The van der Waals surface area contributed by atoms with Gasteiger partial charge in [0.2, 0.25) is 0 Å². The molecule has 1 aliphatic heterocycles. The molecule has 2 atom stereocenters. The van der Waals surface area contributed by atoms with E-state index in [9.17, 15) is 13.2 Å². The summed E-state index contributed by atoms with van der Waals surface area (Å²) in [4.78, 5) is 2.15. The summed E-state index contributed by atoms with van der Waals surface area (Å²) in [6.07, 6.45) is -2.58. The number of halogens is 5. The van der Waals surface area contributed by atoms with Gasteiger partial charge in [0.15, 0.2) is 0 Å². The van der Waals surface area contributed by atoms with Crippen molar-refractivity contribution in [3.63, 3.8) is 0 Å². The summed E-state index contributed by atoms with van der Waals surface area (Å²) in [5.41, 5.74) is -0.360. The van der Waals surface area contributed by atoms with Crippen LogP contribution in [0, 0.1) is 5.92 Å². The lowest BCUT2D eigenvalue weighted by molar-refractivity contribution is -0.139. The molecule has 24 heavy (non-hydrogen) atoms. The van der Waals surface area contributed by atoms with Crippen molar-refractivity contribution in [1.29, 1.82) is 0 Å². The molecular weight excluding hydrogens is 360 g/mol. The van der Waals surface area contributed by atoms with Gasteiger partial charge in [-0.05, 0) is 24.5 Å². The lowest BCUT2D eigenvalue weighted by Gasteiger charge is -2.40. The van der Waals surface area contributed by atoms with Crippen molar-refractivity contribution in [2.24, 2.45) is 5.92 Å². The van der Waals surface area contributed by atoms with Crippen LogP contribution in [0.15, 0.2) is 18.2 Å². The molecule has 1 saturated heterocycles. The van der Waals surface area contributed by atoms with Crippen LogP contribution in [-0.4, -0.2) is 31.1 Å². The fourth-order valence-corrected chi connectivity index (χ4v) is 3.77. The zero-order chi connectivity index (χ0) is 17.0. The number of alkyl halides is 3. The predicted octanol–water partition coefficient (Wildman–Crippen LogP) is 5.16. The first-order chi connectivity index (χ1) is 10.9. The zero-order valence-electron chi connectivity index (χ0n) is 14.0. The molecule has 0 aliphatic carbocycles. The Labute approximate surface area is 153 Å². The van der Waals surface area contributed by atoms with E-state index in [0.29, 0.717) is 0 Å². The van der Waals surface area contributed by atoms with E-state index in [2.05, 4.69) is 17.1 Å². The molecule has 1 aromatic carbocycles. The standard InChI is InChI=1S/C17H24ClF3N2.ClH/c1-3-5-12(2)16(23-10-8-22-9-11-23)15-13(17(19,20)21)6-4-7-14(15)18;/h4,6-7,12,16,22H,3,5,8-11H2,1-2H3;1H/t12?,16-;/m0./s1. The molecule has 1 fully saturated rings. The zero-order valence-corrected chi connectivity index (χ0v) is 15.6. The van der Waals surface area contributed by atoms with Gasteiger partial charge in [-0.25, -0.2) is 0 Å². The highest BCUT2D eigenvalue weighted by atomic mass is 35.5. The molecule has 1 aromatic rings. The van der Waals surface area contributed by atoms with Gasteiger partial charge in [0.05, 0.1) is 5.56 Å². The van der Waals surface area contributed by atoms with Crippen molar-refractivity contribution >= 4 is 24.0 Å². The van der Waals surface area contributed by atoms with E-state index in [4.69, 9.17) is 11.6 Å². The molecule has 138 valence electrons. The van der Waals surface area contributed by atoms with Crippen LogP contribution in [0.1, 0.15) is 43.9 Å². The molecule has 7 heteroatoms. The van der Waals surface area contributed by atoms with Crippen molar-refractivity contribution in [3.05, 3.63) is 34.3 Å². The summed E-state index contributed by atoms with van der Waals surface area (Å²) in [5, 5.41) is 3.47. The van der Waals surface area contributed by atoms with Crippen molar-refractivity contribution < 1.29 is 13.2 Å². The van der Waals surface area contributed by atoms with E-state index in [0.717, 1.165) is 45.1 Å². The maximum absolute atomic E-state index is 13.5. The minimum absolute atomic E-state index is 0. The molecule has 0 spiro atoms. The van der Waals surface area contributed by atoms with Crippen molar-refractivity contribution in [1.82, 2.24) is 10.2 Å². The van der Waals surface area contributed by atoms with Gasteiger partial charge in [-0.1, -0.05) is 37.9 Å². The van der Waals surface area contributed by atoms with Crippen LogP contribution >= 0.6 is 24.0 Å². The van der Waals surface area contributed by atoms with Crippen LogP contribution in [0.5, 0.6) is 0 Å². The molecule has 2 rings (SSSR count). The summed E-state index contributed by atoms with van der Waals surface area (Å²) in [5.74, 6) is 0.110. The quantitative estimate of drug-likeness (QED) is 0.753. The molecule has 2 nitrogen and oxygen atoms in total. The molecule has 1 unspecified atom stereocenters. The highest BCUT2D eigenvalue weighted by molar-refractivity contribution is 6.31. The summed E-state index contributed by atoms with van der Waals surface area (Å²) >= 11 is 6.25. The number of nitrogens with one attached hydrogen (secondary N) is 1. The van der Waals surface area contributed by atoms with Gasteiger partial charge in [-0.3, -0.25) is 4.90 Å². The van der Waals surface area contributed by atoms with Crippen LogP contribution in [0.3, 0.4) is 0 Å². The van der Waals surface area contributed by atoms with Gasteiger partial charge in [-0.15, -0.1) is 12.4 Å². The maximum Gasteiger partial charge on any atom is 0.416 e. The van der Waals surface area contributed by atoms with Gasteiger partial charge < -0.3 is 5.32 Å². The number of piperazine rings is 1. The number of nitrogens with zero attached hydrogens (tertiary/aromatic N) is 1. The number of hydrogen-bond acceptors (Lipinski definition) is 2. The second-order valence-electron chi connectivity index (χ2n) is 6.20. The first kappa shape index (κ1) is 21.6. The van der Waals surface area contributed by atoms with Gasteiger partial charge in [0, 0.05) is 42.8 Å². The summed E-state index contributed by atoms with van der Waals surface area (Å²) in [6.45, 7) is 7.15. The monoisotopic (exact) mass is 384 g/mol. The summed E-state index contributed by atoms with van der Waals surface area (Å²) < 4.78 is 40.5. The Morgan fingerprint density at radius 1 is 1.25 bits per heavy atom. The summed E-state index contributed by atoms with van der Waals surface area (Å²) in [6, 6.07) is 3.80. The largest absolute Gasteiger partial charge is 0.416 e. The van der Waals surface area contributed by atoms with E-state index in [1.54, 1.807) is 6.07 Å². The molecule has 0 radical (unpaired) electrons. The van der Waals surface area contributed by atoms with E-state index < -0.39 is 11.7 Å². The maximum atomic E-state index is 13.5. The SMILES string of the molecule is CCCC(C)[C@@H](c1c(Cl)cccc1C(F)(F)F)N1CCNCC1.Cl. The molecular formula is C17H25Cl2F3N2. The average molecular weight is 385 g/mol. The Morgan fingerprint density at radius 2 is 1.88 bits per heavy atom. The number of benzene rings is 1. The molecule has 1 N–H and O–H groups in total. The highest BCUT2D eigenvalue weighted by Crippen LogP contribution is 2.43. The van der Waals surface area contributed by atoms with Gasteiger partial charge in [0.25, 0.3) is 0 Å². The minimum Gasteiger partial charge on any atom is -0.314 e. The topological polar surface area (TPSA) is 15.3 Å². The van der Waals surface area contributed by atoms with Crippen LogP contribution in [0.4, 0.5) is 13.2 Å². The molecule has 1 heterocycles. The fourth-order valence-electron chi connectivity index (χ4n) is 3.49. The first-order valence-corrected chi connectivity index (χ1v) is 8.54. The highest BCUT2D eigenvalue weighted by Gasteiger charge is 2.39. The van der Waals surface area contributed by atoms with Crippen LogP contribution in [0.2, 0.25) is 5.02 Å². The second-order valence-corrected chi connectivity index (χ2v) is 6.60. The van der Waals surface area contributed by atoms with E-state index in [-0.39, 0.29) is 35.0 Å². The van der Waals surface area contributed by atoms with E-state index >= 15 is 0 Å². The Morgan fingerprint density at radius 3 is 2.42 bits per heavy atom. The predicted molar refractivity (Wildman–Crippen MR) is 95.0 cm³/mol. The summed E-state index contributed by atoms with van der Waals surface area (Å²) in [7, 11) is 0. The second kappa shape index (κ2) is 9.27. The van der Waals surface area contributed by atoms with E-state index in [1.165, 1.54) is 6.07 Å². The third-order valence-electron chi connectivity index (χ3n) is 4.48. The average Bonchev–Trinajstić information content (AvgIpc) is 2.49. The molecule has 0 amide bonds. The van der Waals surface area contributed by atoms with Crippen molar-refractivity contribution in [2.75, 3.05) is 26.2 Å². The smallest absolute Gasteiger partial charge is 0.314 e. The van der Waals surface area contributed by atoms with Crippen LogP contribution < -0.4 is 5.32 Å². The third-order valence-corrected chi connectivity index (χ3v) is 4.81. The van der Waals surface area contributed by atoms with Crippen LogP contribution in [0.25, 0.3) is 0 Å². The van der Waals surface area contributed by atoms with E-state index in [1.807, 2.05) is 6.92 Å². The van der Waals surface area contributed by atoms with Gasteiger partial charge in [-0.2, -0.15) is 13.2 Å². The normalized spacial score (nSPS) is 18.8. The fraction of sp³-hybridized carbons (Fsp3) is 0.647.